The Morgan fingerprint density at radius 2 is 2.15 bits per heavy atom. The fraction of sp³-hybridized carbons (Fsp3) is 0.750. The Labute approximate surface area is 80.2 Å². The molecule has 1 fully saturated rings. The number of nitrogens with zero attached hydrogens (tertiary/aromatic N) is 1. The van der Waals surface area contributed by atoms with Gasteiger partial charge in [0.1, 0.15) is 0 Å². The molecule has 0 spiro atoms. The van der Waals surface area contributed by atoms with Gasteiger partial charge in [-0.05, 0) is 12.8 Å². The highest BCUT2D eigenvalue weighted by atomic mass is 32.2. The van der Waals surface area contributed by atoms with Crippen molar-refractivity contribution in [3.8, 4) is 0 Å². The number of hydrogen-bond acceptors (Lipinski definition) is 3. The van der Waals surface area contributed by atoms with Gasteiger partial charge in [-0.2, -0.15) is 5.10 Å². The quantitative estimate of drug-likeness (QED) is 0.659. The summed E-state index contributed by atoms with van der Waals surface area (Å²) in [5.41, 5.74) is 3.43. The van der Waals surface area contributed by atoms with E-state index in [1.807, 2.05) is 0 Å². The van der Waals surface area contributed by atoms with E-state index >= 15 is 0 Å². The van der Waals surface area contributed by atoms with Crippen LogP contribution in [0.2, 0.25) is 0 Å². The van der Waals surface area contributed by atoms with E-state index in [1.165, 1.54) is 0 Å². The molecule has 1 aliphatic heterocycles. The van der Waals surface area contributed by atoms with Crippen molar-refractivity contribution in [1.82, 2.24) is 5.43 Å². The molecule has 0 aliphatic carbocycles. The van der Waals surface area contributed by atoms with E-state index in [-0.39, 0.29) is 5.91 Å². The van der Waals surface area contributed by atoms with E-state index in [1.54, 1.807) is 6.92 Å². The number of hydrogen-bond donors (Lipinski definition) is 1. The molecule has 74 valence electrons. The normalized spacial score (nSPS) is 22.5. The third-order valence-electron chi connectivity index (χ3n) is 1.90. The summed E-state index contributed by atoms with van der Waals surface area (Å²) < 4.78 is 11.0. The molecule has 0 saturated carbocycles. The second-order valence-corrected chi connectivity index (χ2v) is 4.61. The second kappa shape index (κ2) is 5.11. The average molecular weight is 202 g/mol. The van der Waals surface area contributed by atoms with Gasteiger partial charge in [0, 0.05) is 34.4 Å². The minimum Gasteiger partial charge on any atom is -0.273 e. The van der Waals surface area contributed by atoms with Crippen LogP contribution in [0, 0.1) is 0 Å². The summed E-state index contributed by atoms with van der Waals surface area (Å²) in [7, 11) is -0.671. The zero-order valence-corrected chi connectivity index (χ0v) is 8.52. The molecule has 5 heteroatoms. The van der Waals surface area contributed by atoms with Crippen molar-refractivity contribution in [1.29, 1.82) is 0 Å². The van der Waals surface area contributed by atoms with Gasteiger partial charge in [0.05, 0.1) is 0 Å². The van der Waals surface area contributed by atoms with Gasteiger partial charge in [-0.3, -0.25) is 9.00 Å². The number of carbonyl (C=O) groups excluding carboxylic acids is 1. The summed E-state index contributed by atoms with van der Waals surface area (Å²) >= 11 is 0. The number of hydrazone groups is 1. The van der Waals surface area contributed by atoms with E-state index in [4.69, 9.17) is 0 Å². The van der Waals surface area contributed by atoms with E-state index in [2.05, 4.69) is 10.5 Å². The minimum atomic E-state index is -0.671. The first-order valence-electron chi connectivity index (χ1n) is 4.41. The van der Waals surface area contributed by atoms with Crippen LogP contribution >= 0.6 is 0 Å². The van der Waals surface area contributed by atoms with Gasteiger partial charge in [-0.1, -0.05) is 6.92 Å². The molecule has 4 nitrogen and oxygen atoms in total. The number of carbonyl (C=O) groups is 1. The zero-order chi connectivity index (χ0) is 9.68. The Kier molecular flexibility index (Phi) is 4.08. The first-order valence-corrected chi connectivity index (χ1v) is 5.90. The smallest absolute Gasteiger partial charge is 0.239 e. The van der Waals surface area contributed by atoms with Crippen LogP contribution in [0.3, 0.4) is 0 Å². The van der Waals surface area contributed by atoms with Crippen molar-refractivity contribution in [2.75, 3.05) is 11.5 Å². The molecule has 1 amide bonds. The number of rotatable bonds is 2. The number of amides is 1. The predicted octanol–water partition coefficient (Wildman–Crippen LogP) is 0.411. The minimum absolute atomic E-state index is 0.0702. The van der Waals surface area contributed by atoms with Gasteiger partial charge in [0.25, 0.3) is 0 Å². The molecule has 0 unspecified atom stereocenters. The molecular weight excluding hydrogens is 188 g/mol. The molecule has 1 heterocycles. The highest BCUT2D eigenvalue weighted by molar-refractivity contribution is 7.85. The average Bonchev–Trinajstić information content (AvgIpc) is 2.16. The van der Waals surface area contributed by atoms with Crippen molar-refractivity contribution in [3.05, 3.63) is 0 Å². The van der Waals surface area contributed by atoms with E-state index in [9.17, 15) is 9.00 Å². The predicted molar refractivity (Wildman–Crippen MR) is 53.0 cm³/mol. The van der Waals surface area contributed by atoms with Gasteiger partial charge in [-0.15, -0.1) is 0 Å². The standard InChI is InChI=1S/C8H14N2O2S/c1-2-8(11)10-9-7-3-5-13(12)6-4-7/h2-6H2,1H3,(H,10,11). The van der Waals surface area contributed by atoms with Gasteiger partial charge >= 0.3 is 0 Å². The number of nitrogens with one attached hydrogen (secondary N) is 1. The fourth-order valence-corrected chi connectivity index (χ4v) is 2.15. The van der Waals surface area contributed by atoms with Gasteiger partial charge in [0.2, 0.25) is 5.91 Å². The molecule has 1 saturated heterocycles. The molecule has 0 aromatic rings. The van der Waals surface area contributed by atoms with Crippen LogP contribution < -0.4 is 5.43 Å². The van der Waals surface area contributed by atoms with Crippen molar-refractivity contribution < 1.29 is 9.00 Å². The lowest BCUT2D eigenvalue weighted by molar-refractivity contribution is -0.120. The van der Waals surface area contributed by atoms with Crippen LogP contribution in [0.4, 0.5) is 0 Å². The molecule has 1 N–H and O–H groups in total. The van der Waals surface area contributed by atoms with Crippen molar-refractivity contribution in [2.24, 2.45) is 5.10 Å². The summed E-state index contributed by atoms with van der Waals surface area (Å²) in [5.74, 6) is 1.29. The highest BCUT2D eigenvalue weighted by Crippen LogP contribution is 2.04. The van der Waals surface area contributed by atoms with Crippen molar-refractivity contribution in [3.63, 3.8) is 0 Å². The molecule has 0 aromatic heterocycles. The summed E-state index contributed by atoms with van der Waals surface area (Å²) in [6.07, 6.45) is 1.94. The molecule has 1 aliphatic rings. The van der Waals surface area contributed by atoms with Crippen molar-refractivity contribution >= 4 is 22.4 Å². The highest BCUT2D eigenvalue weighted by Gasteiger charge is 2.12. The molecule has 13 heavy (non-hydrogen) atoms. The SMILES string of the molecule is CCC(=O)NN=C1CCS(=O)CC1. The summed E-state index contributed by atoms with van der Waals surface area (Å²) in [5, 5.41) is 3.97. The Bertz CT molecular complexity index is 239. The zero-order valence-electron chi connectivity index (χ0n) is 7.71. The van der Waals surface area contributed by atoms with E-state index in [0.717, 1.165) is 18.6 Å². The molecule has 0 aromatic carbocycles. The Balaban J connectivity index is 2.35. The van der Waals surface area contributed by atoms with Gasteiger partial charge < -0.3 is 0 Å². The monoisotopic (exact) mass is 202 g/mol. The molecule has 0 radical (unpaired) electrons. The summed E-state index contributed by atoms with van der Waals surface area (Å²) in [6, 6.07) is 0. The van der Waals surface area contributed by atoms with Crippen LogP contribution in [-0.4, -0.2) is 27.3 Å². The van der Waals surface area contributed by atoms with Crippen LogP contribution in [0.25, 0.3) is 0 Å². The molecule has 1 rings (SSSR count). The Hall–Kier alpha value is -0.710. The lowest BCUT2D eigenvalue weighted by Crippen LogP contribution is -2.23. The van der Waals surface area contributed by atoms with E-state index in [0.29, 0.717) is 17.9 Å². The van der Waals surface area contributed by atoms with Crippen LogP contribution in [-0.2, 0) is 15.6 Å². The maximum Gasteiger partial charge on any atom is 0.239 e. The second-order valence-electron chi connectivity index (χ2n) is 2.91. The Morgan fingerprint density at radius 1 is 1.54 bits per heavy atom. The molecule has 0 atom stereocenters. The topological polar surface area (TPSA) is 58.5 Å². The third kappa shape index (κ3) is 3.67. The summed E-state index contributed by atoms with van der Waals surface area (Å²) in [6.45, 7) is 1.78. The fourth-order valence-electron chi connectivity index (χ4n) is 1.02. The van der Waals surface area contributed by atoms with Gasteiger partial charge in [-0.25, -0.2) is 5.43 Å². The van der Waals surface area contributed by atoms with Crippen molar-refractivity contribution in [2.45, 2.75) is 26.2 Å². The largest absolute Gasteiger partial charge is 0.273 e. The van der Waals surface area contributed by atoms with Crippen LogP contribution in [0.1, 0.15) is 26.2 Å². The maximum absolute atomic E-state index is 11.0. The molecular formula is C8H14N2O2S. The summed E-state index contributed by atoms with van der Waals surface area (Å²) in [4.78, 5) is 10.8. The third-order valence-corrected chi connectivity index (χ3v) is 3.22. The Morgan fingerprint density at radius 3 is 2.69 bits per heavy atom. The van der Waals surface area contributed by atoms with Gasteiger partial charge in [0.15, 0.2) is 0 Å². The van der Waals surface area contributed by atoms with Crippen LogP contribution in [0.5, 0.6) is 0 Å². The lowest BCUT2D eigenvalue weighted by atomic mass is 10.2. The van der Waals surface area contributed by atoms with Crippen LogP contribution in [0.15, 0.2) is 5.10 Å². The maximum atomic E-state index is 11.0. The first-order chi connectivity index (χ1) is 6.22. The molecule has 0 bridgehead atoms. The lowest BCUT2D eigenvalue weighted by Gasteiger charge is -2.11. The van der Waals surface area contributed by atoms with E-state index < -0.39 is 10.8 Å². The first kappa shape index (κ1) is 10.4.